The quantitative estimate of drug-likeness (QED) is 0.303. The van der Waals surface area contributed by atoms with Gasteiger partial charge in [-0.25, -0.2) is 4.79 Å². The van der Waals surface area contributed by atoms with Crippen molar-refractivity contribution in [2.24, 2.45) is 4.99 Å². The Kier molecular flexibility index (Phi) is 10.9. The van der Waals surface area contributed by atoms with Gasteiger partial charge in [-0.2, -0.15) is 0 Å². The van der Waals surface area contributed by atoms with Crippen LogP contribution in [0.1, 0.15) is 39.5 Å². The van der Waals surface area contributed by atoms with E-state index in [0.29, 0.717) is 12.5 Å². The monoisotopic (exact) mass is 516 g/mol. The van der Waals surface area contributed by atoms with Crippen molar-refractivity contribution in [3.63, 3.8) is 0 Å². The average Bonchev–Trinajstić information content (AvgIpc) is 2.85. The summed E-state index contributed by atoms with van der Waals surface area (Å²) < 4.78 is 6.09. The zero-order valence-corrected chi connectivity index (χ0v) is 20.1. The van der Waals surface area contributed by atoms with Crippen molar-refractivity contribution in [1.29, 1.82) is 0 Å². The molecule has 0 fully saturated rings. The van der Waals surface area contributed by atoms with Gasteiger partial charge in [-0.3, -0.25) is 4.99 Å². The molecule has 26 heavy (non-hydrogen) atoms. The number of alkyl carbamates (subject to hydrolysis) is 1. The van der Waals surface area contributed by atoms with Gasteiger partial charge in [0.25, 0.3) is 0 Å². The number of rotatable bonds is 6. The van der Waals surface area contributed by atoms with E-state index in [1.807, 2.05) is 46.8 Å². The van der Waals surface area contributed by atoms with Crippen LogP contribution in [0, 0.1) is 0 Å². The Balaban J connectivity index is 0.00000625. The zero-order valence-electron chi connectivity index (χ0n) is 16.2. The van der Waals surface area contributed by atoms with Crippen LogP contribution in [-0.2, 0) is 11.2 Å². The maximum atomic E-state index is 11.9. The van der Waals surface area contributed by atoms with Gasteiger partial charge in [0, 0.05) is 25.0 Å². The molecular weight excluding hydrogens is 487 g/mol. The number of hydrogen-bond acceptors (Lipinski definition) is 4. The van der Waals surface area contributed by atoms with E-state index < -0.39 is 17.2 Å². The van der Waals surface area contributed by atoms with Crippen LogP contribution in [0.2, 0.25) is 4.34 Å². The lowest BCUT2D eigenvalue weighted by Crippen LogP contribution is -2.54. The summed E-state index contributed by atoms with van der Waals surface area (Å²) >= 11 is 7.51. The molecule has 0 saturated carbocycles. The topological polar surface area (TPSA) is 74.8 Å². The summed E-state index contributed by atoms with van der Waals surface area (Å²) in [4.78, 5) is 17.3. The van der Waals surface area contributed by atoms with Crippen molar-refractivity contribution >= 4 is 59.0 Å². The van der Waals surface area contributed by atoms with E-state index in [1.165, 1.54) is 4.88 Å². The molecule has 0 aliphatic rings. The maximum absolute atomic E-state index is 11.9. The fourth-order valence-corrected chi connectivity index (χ4v) is 3.03. The molecule has 0 atom stereocenters. The predicted molar refractivity (Wildman–Crippen MR) is 121 cm³/mol. The van der Waals surface area contributed by atoms with Gasteiger partial charge >= 0.3 is 6.09 Å². The Morgan fingerprint density at radius 2 is 1.88 bits per heavy atom. The smallest absolute Gasteiger partial charge is 0.408 e. The fraction of sp³-hybridized carbons (Fsp3) is 0.647. The molecule has 9 heteroatoms. The van der Waals surface area contributed by atoms with Crippen LogP contribution in [0.4, 0.5) is 4.79 Å². The number of carbonyl (C=O) groups is 1. The van der Waals surface area contributed by atoms with Gasteiger partial charge in [0.1, 0.15) is 5.60 Å². The van der Waals surface area contributed by atoms with Crippen molar-refractivity contribution in [3.8, 4) is 0 Å². The fourth-order valence-electron chi connectivity index (χ4n) is 1.94. The number of ether oxygens (including phenoxy) is 1. The van der Waals surface area contributed by atoms with Gasteiger partial charge < -0.3 is 20.7 Å². The molecule has 1 rings (SSSR count). The summed E-state index contributed by atoms with van der Waals surface area (Å²) in [6, 6.07) is 3.93. The second-order valence-electron chi connectivity index (χ2n) is 7.32. The highest BCUT2D eigenvalue weighted by Gasteiger charge is 2.24. The number of carbonyl (C=O) groups excluding carboxylic acids is 1. The van der Waals surface area contributed by atoms with Crippen molar-refractivity contribution < 1.29 is 9.53 Å². The first-order valence-electron chi connectivity index (χ1n) is 8.21. The third-order valence-corrected chi connectivity index (χ3v) is 4.34. The molecule has 1 amide bonds. The Labute approximate surface area is 182 Å². The summed E-state index contributed by atoms with van der Waals surface area (Å²) in [6.07, 6.45) is 0.439. The minimum Gasteiger partial charge on any atom is -0.444 e. The summed E-state index contributed by atoms with van der Waals surface area (Å²) in [5.41, 5.74) is -1.00. The number of guanidine groups is 1. The first-order chi connectivity index (χ1) is 11.5. The van der Waals surface area contributed by atoms with Gasteiger partial charge in [-0.05, 0) is 53.2 Å². The van der Waals surface area contributed by atoms with Crippen LogP contribution in [-0.4, -0.2) is 43.3 Å². The van der Waals surface area contributed by atoms with Gasteiger partial charge in [0.2, 0.25) is 0 Å². The molecule has 6 nitrogen and oxygen atoms in total. The molecule has 1 aromatic heterocycles. The second kappa shape index (κ2) is 11.2. The molecule has 0 aliphatic carbocycles. The summed E-state index contributed by atoms with van der Waals surface area (Å²) in [6.45, 7) is 10.6. The summed E-state index contributed by atoms with van der Waals surface area (Å²) in [7, 11) is 1.71. The van der Waals surface area contributed by atoms with Crippen LogP contribution in [0.5, 0.6) is 0 Å². The van der Waals surface area contributed by atoms with Crippen LogP contribution in [0.25, 0.3) is 0 Å². The lowest BCUT2D eigenvalue weighted by atomic mass is 10.1. The van der Waals surface area contributed by atoms with Crippen LogP contribution in [0.15, 0.2) is 17.1 Å². The third kappa shape index (κ3) is 11.1. The Morgan fingerprint density at radius 1 is 1.23 bits per heavy atom. The highest BCUT2D eigenvalue weighted by Crippen LogP contribution is 2.21. The summed E-state index contributed by atoms with van der Waals surface area (Å²) in [5.74, 6) is 0.682. The molecule has 1 heterocycles. The molecule has 3 N–H and O–H groups in total. The van der Waals surface area contributed by atoms with Gasteiger partial charge in [0.05, 0.1) is 9.88 Å². The predicted octanol–water partition coefficient (Wildman–Crippen LogP) is 4.03. The van der Waals surface area contributed by atoms with E-state index in [2.05, 4.69) is 20.9 Å². The minimum atomic E-state index is -0.518. The molecule has 0 unspecified atom stereocenters. The van der Waals surface area contributed by atoms with E-state index in [9.17, 15) is 4.79 Å². The highest BCUT2D eigenvalue weighted by molar-refractivity contribution is 14.0. The molecule has 1 aromatic rings. The molecule has 0 bridgehead atoms. The van der Waals surface area contributed by atoms with E-state index in [4.69, 9.17) is 16.3 Å². The van der Waals surface area contributed by atoms with Gasteiger partial charge in [0.15, 0.2) is 5.96 Å². The molecule has 0 radical (unpaired) electrons. The largest absolute Gasteiger partial charge is 0.444 e. The van der Waals surface area contributed by atoms with E-state index in [0.717, 1.165) is 17.3 Å². The Morgan fingerprint density at radius 3 is 2.38 bits per heavy atom. The standard InChI is InChI=1S/C17H29ClN4O2S.HI/c1-16(2,3)24-15(23)22-17(4,5)11-21-14(19-6)20-10-9-12-7-8-13(18)25-12;/h7-8H,9-11H2,1-6H3,(H,22,23)(H2,19,20,21);1H. The number of aliphatic imine (C=N–C) groups is 1. The number of nitrogens with zero attached hydrogens (tertiary/aromatic N) is 1. The van der Waals surface area contributed by atoms with E-state index in [-0.39, 0.29) is 24.0 Å². The lowest BCUT2D eigenvalue weighted by molar-refractivity contribution is 0.0474. The highest BCUT2D eigenvalue weighted by atomic mass is 127. The SMILES string of the molecule is CN=C(NCCc1ccc(Cl)s1)NCC(C)(C)NC(=O)OC(C)(C)C.I. The van der Waals surface area contributed by atoms with Crippen LogP contribution in [0.3, 0.4) is 0 Å². The summed E-state index contributed by atoms with van der Waals surface area (Å²) in [5, 5.41) is 9.32. The average molecular weight is 517 g/mol. The van der Waals surface area contributed by atoms with Crippen molar-refractivity contribution in [1.82, 2.24) is 16.0 Å². The van der Waals surface area contributed by atoms with Crippen molar-refractivity contribution in [2.45, 2.75) is 52.2 Å². The van der Waals surface area contributed by atoms with Crippen LogP contribution >= 0.6 is 46.9 Å². The third-order valence-electron chi connectivity index (χ3n) is 3.05. The lowest BCUT2D eigenvalue weighted by Gasteiger charge is -2.29. The van der Waals surface area contributed by atoms with Crippen molar-refractivity contribution in [2.75, 3.05) is 20.1 Å². The second-order valence-corrected chi connectivity index (χ2v) is 9.12. The van der Waals surface area contributed by atoms with Crippen molar-refractivity contribution in [3.05, 3.63) is 21.3 Å². The Hall–Kier alpha value is -0.740. The molecule has 0 aliphatic heterocycles. The molecule has 0 aromatic carbocycles. The first kappa shape index (κ1) is 25.3. The molecule has 0 saturated heterocycles. The molecule has 150 valence electrons. The number of halogens is 2. The number of amides is 1. The maximum Gasteiger partial charge on any atom is 0.408 e. The number of thiophene rings is 1. The number of nitrogens with one attached hydrogen (secondary N) is 3. The van der Waals surface area contributed by atoms with E-state index in [1.54, 1.807) is 18.4 Å². The van der Waals surface area contributed by atoms with Crippen LogP contribution < -0.4 is 16.0 Å². The Bertz CT molecular complexity index is 600. The molecular formula is C17H30ClIN4O2S. The first-order valence-corrected chi connectivity index (χ1v) is 9.40. The molecule has 0 spiro atoms. The number of hydrogen-bond donors (Lipinski definition) is 3. The normalized spacial score (nSPS) is 12.2. The van der Waals surface area contributed by atoms with E-state index >= 15 is 0 Å². The van der Waals surface area contributed by atoms with Gasteiger partial charge in [-0.15, -0.1) is 35.3 Å². The minimum absolute atomic E-state index is 0. The zero-order chi connectivity index (χ0) is 19.1. The van der Waals surface area contributed by atoms with Gasteiger partial charge in [-0.1, -0.05) is 11.6 Å².